The van der Waals surface area contributed by atoms with Crippen molar-refractivity contribution in [2.75, 3.05) is 32.5 Å². The number of nitrogens with zero attached hydrogens (tertiary/aromatic N) is 1. The minimum Gasteiger partial charge on any atom is -0.395 e. The molecule has 1 aliphatic heterocycles. The van der Waals surface area contributed by atoms with Crippen LogP contribution >= 0.6 is 0 Å². The van der Waals surface area contributed by atoms with Gasteiger partial charge in [0.25, 0.3) is 0 Å². The lowest BCUT2D eigenvalue weighted by Gasteiger charge is -2.22. The number of hydrogen-bond donors (Lipinski definition) is 2. The molecule has 1 fully saturated rings. The van der Waals surface area contributed by atoms with Gasteiger partial charge in [-0.05, 0) is 32.4 Å². The average molecular weight is 236 g/mol. The third kappa shape index (κ3) is 4.92. The van der Waals surface area contributed by atoms with E-state index in [1.165, 1.54) is 6.26 Å². The predicted octanol–water partition coefficient (Wildman–Crippen LogP) is -0.618. The first-order valence-corrected chi connectivity index (χ1v) is 7.21. The van der Waals surface area contributed by atoms with E-state index in [2.05, 4.69) is 9.62 Å². The zero-order chi connectivity index (χ0) is 11.3. The number of aliphatic hydroxyl groups is 1. The Morgan fingerprint density at radius 3 is 2.87 bits per heavy atom. The van der Waals surface area contributed by atoms with Crippen LogP contribution in [-0.2, 0) is 10.0 Å². The van der Waals surface area contributed by atoms with Crippen LogP contribution in [0.25, 0.3) is 0 Å². The minimum absolute atomic E-state index is 0.208. The molecule has 90 valence electrons. The Kier molecular flexibility index (Phi) is 4.98. The second kappa shape index (κ2) is 5.79. The molecule has 0 aliphatic carbocycles. The molecule has 0 amide bonds. The molecule has 5 nitrogen and oxygen atoms in total. The van der Waals surface area contributed by atoms with Crippen LogP contribution in [0.2, 0.25) is 0 Å². The van der Waals surface area contributed by atoms with Crippen molar-refractivity contribution >= 4 is 10.0 Å². The van der Waals surface area contributed by atoms with Crippen molar-refractivity contribution in [2.45, 2.75) is 25.3 Å². The largest absolute Gasteiger partial charge is 0.395 e. The van der Waals surface area contributed by atoms with Crippen molar-refractivity contribution in [3.63, 3.8) is 0 Å². The number of hydrogen-bond acceptors (Lipinski definition) is 4. The molecule has 0 aromatic rings. The Hall–Kier alpha value is -0.170. The monoisotopic (exact) mass is 236 g/mol. The van der Waals surface area contributed by atoms with E-state index in [1.807, 2.05) is 0 Å². The first-order chi connectivity index (χ1) is 7.03. The highest BCUT2D eigenvalue weighted by Gasteiger charge is 2.22. The van der Waals surface area contributed by atoms with Crippen LogP contribution in [-0.4, -0.2) is 57.0 Å². The van der Waals surface area contributed by atoms with E-state index >= 15 is 0 Å². The van der Waals surface area contributed by atoms with Gasteiger partial charge in [-0.2, -0.15) is 0 Å². The lowest BCUT2D eigenvalue weighted by atomic mass is 10.2. The molecular formula is C9H20N2O3S. The molecule has 15 heavy (non-hydrogen) atoms. The summed E-state index contributed by atoms with van der Waals surface area (Å²) in [6, 6.07) is 0.281. The fourth-order valence-corrected chi connectivity index (χ4v) is 2.45. The summed E-state index contributed by atoms with van der Waals surface area (Å²) in [5.74, 6) is 0. The summed E-state index contributed by atoms with van der Waals surface area (Å²) in [4.78, 5) is 2.23. The smallest absolute Gasteiger partial charge is 0.208 e. The normalized spacial score (nSPS) is 23.5. The number of aliphatic hydroxyl groups excluding tert-OH is 1. The topological polar surface area (TPSA) is 69.6 Å². The first-order valence-electron chi connectivity index (χ1n) is 5.32. The Labute approximate surface area is 91.5 Å². The molecule has 2 N–H and O–H groups in total. The molecule has 0 unspecified atom stereocenters. The lowest BCUT2D eigenvalue weighted by Crippen LogP contribution is -2.34. The molecular weight excluding hydrogens is 216 g/mol. The highest BCUT2D eigenvalue weighted by molar-refractivity contribution is 7.88. The van der Waals surface area contributed by atoms with Crippen LogP contribution in [0.3, 0.4) is 0 Å². The Balaban J connectivity index is 2.15. The third-order valence-electron chi connectivity index (χ3n) is 2.70. The van der Waals surface area contributed by atoms with Crippen molar-refractivity contribution in [3.05, 3.63) is 0 Å². The van der Waals surface area contributed by atoms with E-state index in [4.69, 9.17) is 5.11 Å². The van der Waals surface area contributed by atoms with E-state index < -0.39 is 10.0 Å². The van der Waals surface area contributed by atoms with Crippen molar-refractivity contribution in [2.24, 2.45) is 0 Å². The first kappa shape index (κ1) is 12.9. The van der Waals surface area contributed by atoms with Gasteiger partial charge in [-0.25, -0.2) is 13.1 Å². The lowest BCUT2D eigenvalue weighted by molar-refractivity contribution is 0.158. The van der Waals surface area contributed by atoms with Gasteiger partial charge in [0, 0.05) is 12.6 Å². The highest BCUT2D eigenvalue weighted by Crippen LogP contribution is 2.16. The molecule has 0 aromatic carbocycles. The molecule has 1 atom stereocenters. The average Bonchev–Trinajstić information content (AvgIpc) is 2.58. The van der Waals surface area contributed by atoms with Gasteiger partial charge in [0.15, 0.2) is 0 Å². The van der Waals surface area contributed by atoms with Crippen LogP contribution in [0.4, 0.5) is 0 Å². The van der Waals surface area contributed by atoms with Crippen LogP contribution < -0.4 is 4.72 Å². The van der Waals surface area contributed by atoms with E-state index in [1.54, 1.807) is 0 Å². The van der Waals surface area contributed by atoms with Crippen LogP contribution in [0.15, 0.2) is 0 Å². The molecule has 6 heteroatoms. The Morgan fingerprint density at radius 2 is 2.27 bits per heavy atom. The summed E-state index contributed by atoms with van der Waals surface area (Å²) in [5.41, 5.74) is 0. The molecule has 0 spiro atoms. The van der Waals surface area contributed by atoms with E-state index in [0.29, 0.717) is 6.54 Å². The maximum Gasteiger partial charge on any atom is 0.208 e. The molecule has 0 aromatic heterocycles. The third-order valence-corrected chi connectivity index (χ3v) is 3.42. The van der Waals surface area contributed by atoms with Crippen molar-refractivity contribution in [3.8, 4) is 0 Å². The maximum atomic E-state index is 10.8. The molecule has 1 saturated heterocycles. The second-order valence-electron chi connectivity index (χ2n) is 4.03. The Morgan fingerprint density at radius 1 is 1.53 bits per heavy atom. The van der Waals surface area contributed by atoms with Crippen molar-refractivity contribution in [1.82, 2.24) is 9.62 Å². The van der Waals surface area contributed by atoms with Gasteiger partial charge in [0.2, 0.25) is 10.0 Å². The van der Waals surface area contributed by atoms with Gasteiger partial charge in [0.1, 0.15) is 0 Å². The molecule has 1 rings (SSSR count). The zero-order valence-electron chi connectivity index (χ0n) is 9.15. The molecule has 1 aliphatic rings. The quantitative estimate of drug-likeness (QED) is 0.603. The number of rotatable bonds is 6. The van der Waals surface area contributed by atoms with Gasteiger partial charge in [-0.15, -0.1) is 0 Å². The Bertz CT molecular complexity index is 279. The summed E-state index contributed by atoms with van der Waals surface area (Å²) in [6.07, 6.45) is 4.14. The zero-order valence-corrected chi connectivity index (χ0v) is 9.96. The van der Waals surface area contributed by atoms with Gasteiger partial charge in [0.05, 0.1) is 12.9 Å². The van der Waals surface area contributed by atoms with E-state index in [0.717, 1.165) is 32.4 Å². The van der Waals surface area contributed by atoms with Crippen LogP contribution in [0, 0.1) is 0 Å². The van der Waals surface area contributed by atoms with Gasteiger partial charge < -0.3 is 5.11 Å². The summed E-state index contributed by atoms with van der Waals surface area (Å²) in [5, 5.41) is 9.07. The number of nitrogens with one attached hydrogen (secondary N) is 1. The fourth-order valence-electron chi connectivity index (χ4n) is 1.94. The molecule has 1 heterocycles. The summed E-state index contributed by atoms with van der Waals surface area (Å²) >= 11 is 0. The second-order valence-corrected chi connectivity index (χ2v) is 5.87. The summed E-state index contributed by atoms with van der Waals surface area (Å²) in [6.45, 7) is 2.56. The number of sulfonamides is 1. The van der Waals surface area contributed by atoms with E-state index in [-0.39, 0.29) is 12.6 Å². The van der Waals surface area contributed by atoms with Gasteiger partial charge >= 0.3 is 0 Å². The van der Waals surface area contributed by atoms with Crippen molar-refractivity contribution in [1.29, 1.82) is 0 Å². The predicted molar refractivity (Wildman–Crippen MR) is 59.1 cm³/mol. The SMILES string of the molecule is CS(=O)(=O)NCCCN1CCC[C@@H]1CO. The summed E-state index contributed by atoms with van der Waals surface area (Å²) < 4.78 is 24.0. The van der Waals surface area contributed by atoms with E-state index in [9.17, 15) is 8.42 Å². The van der Waals surface area contributed by atoms with Crippen LogP contribution in [0.1, 0.15) is 19.3 Å². The van der Waals surface area contributed by atoms with Gasteiger partial charge in [-0.3, -0.25) is 4.90 Å². The van der Waals surface area contributed by atoms with Crippen molar-refractivity contribution < 1.29 is 13.5 Å². The molecule has 0 radical (unpaired) electrons. The number of likely N-dealkylation sites (tertiary alicyclic amines) is 1. The maximum absolute atomic E-state index is 10.8. The molecule has 0 saturated carbocycles. The van der Waals surface area contributed by atoms with Gasteiger partial charge in [-0.1, -0.05) is 0 Å². The molecule has 0 bridgehead atoms. The van der Waals surface area contributed by atoms with Crippen LogP contribution in [0.5, 0.6) is 0 Å². The summed E-state index contributed by atoms with van der Waals surface area (Å²) in [7, 11) is -3.06. The standard InChI is InChI=1S/C9H20N2O3S/c1-15(13,14)10-5-3-7-11-6-2-4-9(11)8-12/h9-10,12H,2-8H2,1H3/t9-/m1/s1. The minimum atomic E-state index is -3.06. The fraction of sp³-hybridized carbons (Fsp3) is 1.00. The highest BCUT2D eigenvalue weighted by atomic mass is 32.2.